The van der Waals surface area contributed by atoms with Gasteiger partial charge in [-0.05, 0) is 36.7 Å². The number of aliphatic hydroxyl groups excluding tert-OH is 1. The van der Waals surface area contributed by atoms with Crippen molar-refractivity contribution in [2.45, 2.75) is 59.7 Å². The first kappa shape index (κ1) is 15.5. The SMILES string of the molecule is CC1=C(CO)C(CCC#C[Si](C)(C)C)C(C)(C)C1. The maximum Gasteiger partial charge on any atom is 0.129 e. The van der Waals surface area contributed by atoms with Crippen LogP contribution in [-0.4, -0.2) is 19.8 Å². The molecule has 0 amide bonds. The van der Waals surface area contributed by atoms with Gasteiger partial charge in [-0.25, -0.2) is 0 Å². The van der Waals surface area contributed by atoms with Crippen molar-refractivity contribution in [1.29, 1.82) is 0 Å². The van der Waals surface area contributed by atoms with E-state index in [-0.39, 0.29) is 6.61 Å². The molecule has 18 heavy (non-hydrogen) atoms. The van der Waals surface area contributed by atoms with Gasteiger partial charge in [0.15, 0.2) is 0 Å². The third-order valence-electron chi connectivity index (χ3n) is 3.82. The molecule has 1 aliphatic rings. The van der Waals surface area contributed by atoms with Crippen molar-refractivity contribution in [2.24, 2.45) is 11.3 Å². The van der Waals surface area contributed by atoms with Gasteiger partial charge >= 0.3 is 0 Å². The highest BCUT2D eigenvalue weighted by Gasteiger charge is 2.38. The third-order valence-corrected chi connectivity index (χ3v) is 4.75. The Morgan fingerprint density at radius 2 is 1.94 bits per heavy atom. The second-order valence-electron chi connectivity index (χ2n) is 7.27. The largest absolute Gasteiger partial charge is 0.392 e. The molecule has 0 heterocycles. The number of aliphatic hydroxyl groups is 1. The molecule has 0 radical (unpaired) electrons. The van der Waals surface area contributed by atoms with E-state index in [4.69, 9.17) is 0 Å². The van der Waals surface area contributed by atoms with E-state index in [0.29, 0.717) is 11.3 Å². The summed E-state index contributed by atoms with van der Waals surface area (Å²) < 4.78 is 0. The second-order valence-corrected chi connectivity index (χ2v) is 12.0. The first-order valence-electron chi connectivity index (χ1n) is 6.97. The van der Waals surface area contributed by atoms with Gasteiger partial charge < -0.3 is 5.11 Å². The number of hydrogen-bond acceptors (Lipinski definition) is 1. The Morgan fingerprint density at radius 3 is 2.44 bits per heavy atom. The molecule has 102 valence electrons. The van der Waals surface area contributed by atoms with Gasteiger partial charge in [0.2, 0.25) is 0 Å². The minimum atomic E-state index is -1.23. The third kappa shape index (κ3) is 4.00. The lowest BCUT2D eigenvalue weighted by molar-refractivity contribution is 0.234. The molecule has 0 saturated heterocycles. The summed E-state index contributed by atoms with van der Waals surface area (Å²) in [7, 11) is -1.23. The van der Waals surface area contributed by atoms with Crippen LogP contribution in [0.2, 0.25) is 19.6 Å². The molecule has 0 aliphatic heterocycles. The van der Waals surface area contributed by atoms with E-state index in [1.165, 1.54) is 11.1 Å². The van der Waals surface area contributed by atoms with Crippen molar-refractivity contribution >= 4 is 8.07 Å². The van der Waals surface area contributed by atoms with Gasteiger partial charge in [-0.15, -0.1) is 11.5 Å². The van der Waals surface area contributed by atoms with Crippen LogP contribution in [0.5, 0.6) is 0 Å². The van der Waals surface area contributed by atoms with Crippen LogP contribution in [0.4, 0.5) is 0 Å². The van der Waals surface area contributed by atoms with Crippen LogP contribution in [0.25, 0.3) is 0 Å². The summed E-state index contributed by atoms with van der Waals surface area (Å²) in [6.07, 6.45) is 3.18. The standard InChI is InChI=1S/C16H28OSi/c1-13-11-16(2,3)15(14(13)12-17)9-7-8-10-18(4,5)6/h15,17H,7,9,11-12H2,1-6H3. The number of rotatable bonds is 3. The van der Waals surface area contributed by atoms with E-state index >= 15 is 0 Å². The zero-order valence-corrected chi connectivity index (χ0v) is 13.9. The Kier molecular flexibility index (Phi) is 4.86. The van der Waals surface area contributed by atoms with Crippen molar-refractivity contribution in [3.8, 4) is 11.5 Å². The van der Waals surface area contributed by atoms with E-state index in [9.17, 15) is 5.11 Å². The maximum absolute atomic E-state index is 9.54. The zero-order chi connectivity index (χ0) is 14.0. The number of hydrogen-bond donors (Lipinski definition) is 1. The van der Waals surface area contributed by atoms with Gasteiger partial charge in [-0.3, -0.25) is 0 Å². The van der Waals surface area contributed by atoms with Crippen LogP contribution >= 0.6 is 0 Å². The summed E-state index contributed by atoms with van der Waals surface area (Å²) in [5.74, 6) is 3.87. The van der Waals surface area contributed by atoms with E-state index in [1.807, 2.05) is 0 Å². The van der Waals surface area contributed by atoms with Gasteiger partial charge in [0.05, 0.1) is 6.61 Å². The summed E-state index contributed by atoms with van der Waals surface area (Å²) in [6.45, 7) is 13.9. The first-order chi connectivity index (χ1) is 8.17. The van der Waals surface area contributed by atoms with E-state index in [2.05, 4.69) is 51.9 Å². The highest BCUT2D eigenvalue weighted by atomic mass is 28.3. The molecule has 0 bridgehead atoms. The molecule has 0 fully saturated rings. The van der Waals surface area contributed by atoms with E-state index < -0.39 is 8.07 Å². The average Bonchev–Trinajstić information content (AvgIpc) is 2.41. The lowest BCUT2D eigenvalue weighted by atomic mass is 9.76. The average molecular weight is 264 g/mol. The van der Waals surface area contributed by atoms with Crippen LogP contribution < -0.4 is 0 Å². The monoisotopic (exact) mass is 264 g/mol. The molecule has 0 spiro atoms. The first-order valence-corrected chi connectivity index (χ1v) is 10.5. The van der Waals surface area contributed by atoms with E-state index in [1.54, 1.807) is 0 Å². The zero-order valence-electron chi connectivity index (χ0n) is 12.9. The number of allylic oxidation sites excluding steroid dienone is 1. The van der Waals surface area contributed by atoms with Crippen molar-refractivity contribution in [3.63, 3.8) is 0 Å². The van der Waals surface area contributed by atoms with Gasteiger partial charge in [0.1, 0.15) is 8.07 Å². The van der Waals surface area contributed by atoms with Gasteiger partial charge in [0, 0.05) is 6.42 Å². The van der Waals surface area contributed by atoms with Gasteiger partial charge in [-0.2, -0.15) is 0 Å². The smallest absolute Gasteiger partial charge is 0.129 e. The molecule has 0 saturated carbocycles. The second kappa shape index (κ2) is 5.63. The fourth-order valence-electron chi connectivity index (χ4n) is 3.04. The van der Waals surface area contributed by atoms with Crippen molar-refractivity contribution < 1.29 is 5.11 Å². The highest BCUT2D eigenvalue weighted by Crippen LogP contribution is 2.48. The summed E-state index contributed by atoms with van der Waals surface area (Å²) in [5, 5.41) is 9.54. The Hall–Kier alpha value is -0.523. The Labute approximate surface area is 114 Å². The quantitative estimate of drug-likeness (QED) is 0.464. The van der Waals surface area contributed by atoms with E-state index in [0.717, 1.165) is 19.3 Å². The summed E-state index contributed by atoms with van der Waals surface area (Å²) in [5.41, 5.74) is 6.39. The fraction of sp³-hybridized carbons (Fsp3) is 0.750. The minimum absolute atomic E-state index is 0.224. The van der Waals surface area contributed by atoms with Crippen molar-refractivity contribution in [3.05, 3.63) is 11.1 Å². The Balaban J connectivity index is 2.67. The summed E-state index contributed by atoms with van der Waals surface area (Å²) >= 11 is 0. The van der Waals surface area contributed by atoms with Crippen LogP contribution in [0, 0.1) is 22.8 Å². The molecule has 1 aliphatic carbocycles. The molecule has 0 aromatic rings. The van der Waals surface area contributed by atoms with Crippen LogP contribution in [0.15, 0.2) is 11.1 Å². The van der Waals surface area contributed by atoms with Gasteiger partial charge in [0.25, 0.3) is 0 Å². The molecule has 2 heteroatoms. The lowest BCUT2D eigenvalue weighted by Gasteiger charge is -2.28. The fourth-order valence-corrected chi connectivity index (χ4v) is 3.70. The molecule has 1 N–H and O–H groups in total. The molecule has 1 rings (SSSR count). The summed E-state index contributed by atoms with van der Waals surface area (Å²) in [4.78, 5) is 0. The minimum Gasteiger partial charge on any atom is -0.392 e. The molecule has 0 aromatic heterocycles. The Morgan fingerprint density at radius 1 is 1.33 bits per heavy atom. The van der Waals surface area contributed by atoms with Crippen LogP contribution in [0.1, 0.15) is 40.0 Å². The maximum atomic E-state index is 9.54. The van der Waals surface area contributed by atoms with Crippen molar-refractivity contribution in [1.82, 2.24) is 0 Å². The van der Waals surface area contributed by atoms with Crippen LogP contribution in [0.3, 0.4) is 0 Å². The highest BCUT2D eigenvalue weighted by molar-refractivity contribution is 6.83. The predicted molar refractivity (Wildman–Crippen MR) is 82.0 cm³/mol. The molecular weight excluding hydrogens is 236 g/mol. The predicted octanol–water partition coefficient (Wildman–Crippen LogP) is 4.00. The summed E-state index contributed by atoms with van der Waals surface area (Å²) in [6, 6.07) is 0. The van der Waals surface area contributed by atoms with Gasteiger partial charge in [-0.1, -0.05) is 39.1 Å². The molecule has 0 aromatic carbocycles. The lowest BCUT2D eigenvalue weighted by Crippen LogP contribution is -2.21. The van der Waals surface area contributed by atoms with Crippen LogP contribution in [-0.2, 0) is 0 Å². The molecule has 1 atom stereocenters. The molecule has 1 unspecified atom stereocenters. The topological polar surface area (TPSA) is 20.2 Å². The Bertz CT molecular complexity index is 388. The van der Waals surface area contributed by atoms with Crippen molar-refractivity contribution in [2.75, 3.05) is 6.61 Å². The molecular formula is C16H28OSi. The normalized spacial score (nSPS) is 22.9. The molecule has 1 nitrogen and oxygen atoms in total.